The third kappa shape index (κ3) is 11.7. The number of hydrogen-bond acceptors (Lipinski definition) is 3. The fraction of sp³-hybridized carbons (Fsp3) is 0. The minimum Gasteiger partial charge on any atom is -0.234 e. The highest BCUT2D eigenvalue weighted by molar-refractivity contribution is 5.75. The summed E-state index contributed by atoms with van der Waals surface area (Å²) in [5, 5.41) is 15.6. The number of rotatable bonds is 1. The van der Waals surface area contributed by atoms with Crippen LogP contribution in [0, 0.1) is 21.6 Å². The van der Waals surface area contributed by atoms with Crippen molar-refractivity contribution in [2.45, 2.75) is 0 Å². The Hall–Kier alpha value is -1.25. The molecule has 0 saturated heterocycles. The summed E-state index contributed by atoms with van der Waals surface area (Å²) in [6.45, 7) is 0. The Morgan fingerprint density at radius 3 is 2.29 bits per heavy atom. The van der Waals surface area contributed by atoms with E-state index in [9.17, 15) is 0 Å². The van der Waals surface area contributed by atoms with Gasteiger partial charge in [0.25, 0.3) is 0 Å². The summed E-state index contributed by atoms with van der Waals surface area (Å²) >= 11 is 0. The van der Waals surface area contributed by atoms with E-state index in [2.05, 4.69) is 0 Å². The van der Waals surface area contributed by atoms with E-state index in [-0.39, 0.29) is 8.41 Å². The van der Waals surface area contributed by atoms with E-state index in [1.54, 1.807) is 0 Å². The Labute approximate surface area is 41.6 Å². The standard InChI is InChI=1S/CHN3O2.B/c2-1-3-4(5)6;/h3H;. The molecule has 0 spiro atoms. The van der Waals surface area contributed by atoms with Crippen molar-refractivity contribution < 1.29 is 5.03 Å². The van der Waals surface area contributed by atoms with Gasteiger partial charge >= 0.3 is 0 Å². The molecule has 0 aromatic rings. The van der Waals surface area contributed by atoms with Crippen LogP contribution in [0.5, 0.6) is 0 Å². The lowest BCUT2D eigenvalue weighted by atomic mass is 10.8. The van der Waals surface area contributed by atoms with Crippen molar-refractivity contribution in [3.8, 4) is 6.19 Å². The molecule has 6 heteroatoms. The Morgan fingerprint density at radius 2 is 2.29 bits per heavy atom. The number of hydrogen-bond donors (Lipinski definition) is 1. The second-order valence-electron chi connectivity index (χ2n) is 0.481. The van der Waals surface area contributed by atoms with Crippen molar-refractivity contribution in [1.82, 2.24) is 5.43 Å². The van der Waals surface area contributed by atoms with E-state index in [1.165, 1.54) is 5.43 Å². The topological polar surface area (TPSA) is 79.0 Å². The Morgan fingerprint density at radius 1 is 1.86 bits per heavy atom. The number of hydrazine groups is 1. The molecule has 0 aliphatic carbocycles. The van der Waals surface area contributed by atoms with Gasteiger partial charge in [-0.3, -0.25) is 0 Å². The molecule has 0 aliphatic rings. The van der Waals surface area contributed by atoms with Gasteiger partial charge in [-0.15, -0.1) is 0 Å². The zero-order chi connectivity index (χ0) is 4.99. The van der Waals surface area contributed by atoms with Crippen molar-refractivity contribution in [3.05, 3.63) is 10.1 Å². The SMILES string of the molecule is N#CN[N+](=O)[O-].[B]. The minimum atomic E-state index is -0.931. The first-order valence-electron chi connectivity index (χ1n) is 1.06. The zero-order valence-electron chi connectivity index (χ0n) is 3.29. The number of nitrogens with one attached hydrogen (secondary N) is 1. The van der Waals surface area contributed by atoms with Gasteiger partial charge in [-0.1, -0.05) is 0 Å². The molecule has 0 fully saturated rings. The van der Waals surface area contributed by atoms with Crippen LogP contribution in [-0.4, -0.2) is 13.4 Å². The van der Waals surface area contributed by atoms with Gasteiger partial charge in [0.05, 0.1) is 0 Å². The average molecular weight is 97.8 g/mol. The molecule has 3 radical (unpaired) electrons. The zero-order valence-corrected chi connectivity index (χ0v) is 3.29. The number of nitro groups is 1. The fourth-order valence-electron chi connectivity index (χ4n) is 0.0408. The Kier molecular flexibility index (Phi) is 6.27. The first-order valence-corrected chi connectivity index (χ1v) is 1.06. The van der Waals surface area contributed by atoms with Gasteiger partial charge in [-0.05, 0) is 5.43 Å². The average Bonchev–Trinajstić information content (AvgIpc) is 1.35. The van der Waals surface area contributed by atoms with E-state index in [0.29, 0.717) is 0 Å². The lowest BCUT2D eigenvalue weighted by Crippen LogP contribution is -2.13. The van der Waals surface area contributed by atoms with Crippen LogP contribution in [0.4, 0.5) is 0 Å². The summed E-state index contributed by atoms with van der Waals surface area (Å²) in [7, 11) is 0. The number of nitrogens with zero attached hydrogens (tertiary/aromatic N) is 2. The van der Waals surface area contributed by atoms with E-state index < -0.39 is 5.03 Å². The summed E-state index contributed by atoms with van der Waals surface area (Å²) in [5.74, 6) is 0. The van der Waals surface area contributed by atoms with Gasteiger partial charge in [0.2, 0.25) is 6.19 Å². The largest absolute Gasteiger partial charge is 0.241 e. The lowest BCUT2D eigenvalue weighted by Gasteiger charge is -1.73. The molecule has 35 valence electrons. The van der Waals surface area contributed by atoms with Crippen LogP contribution in [0.3, 0.4) is 0 Å². The highest BCUT2D eigenvalue weighted by Gasteiger charge is 1.80. The maximum atomic E-state index is 9.07. The molecule has 0 rings (SSSR count). The smallest absolute Gasteiger partial charge is 0.234 e. The molecular weight excluding hydrogens is 96.8 g/mol. The molecule has 1 N–H and O–H groups in total. The molecule has 0 heterocycles. The molecule has 0 aromatic carbocycles. The molecule has 5 nitrogen and oxygen atoms in total. The van der Waals surface area contributed by atoms with Crippen LogP contribution >= 0.6 is 0 Å². The molecule has 7 heavy (non-hydrogen) atoms. The molecule has 0 aromatic heterocycles. The predicted molar refractivity (Wildman–Crippen MR) is 21.5 cm³/mol. The summed E-state index contributed by atoms with van der Waals surface area (Å²) < 4.78 is 0. The molecule has 0 saturated carbocycles. The molecule has 0 atom stereocenters. The maximum Gasteiger partial charge on any atom is 0.241 e. The molecule has 0 bridgehead atoms. The first-order chi connectivity index (χ1) is 2.77. The second kappa shape index (κ2) is 4.75. The van der Waals surface area contributed by atoms with E-state index in [1.807, 2.05) is 0 Å². The van der Waals surface area contributed by atoms with Crippen molar-refractivity contribution in [2.75, 3.05) is 0 Å². The third-order valence-corrected chi connectivity index (χ3v) is 0.141. The Balaban J connectivity index is 0. The Bertz CT molecular complexity index is 95.6. The molecule has 0 aliphatic heterocycles. The third-order valence-electron chi connectivity index (χ3n) is 0.141. The van der Waals surface area contributed by atoms with Crippen molar-refractivity contribution >= 4 is 8.41 Å². The van der Waals surface area contributed by atoms with E-state index in [4.69, 9.17) is 15.4 Å². The van der Waals surface area contributed by atoms with Crippen LogP contribution in [0.2, 0.25) is 0 Å². The van der Waals surface area contributed by atoms with Gasteiger partial charge < -0.3 is 0 Å². The maximum absolute atomic E-state index is 9.07. The van der Waals surface area contributed by atoms with Crippen molar-refractivity contribution in [3.63, 3.8) is 0 Å². The van der Waals surface area contributed by atoms with Crippen LogP contribution in [0.25, 0.3) is 0 Å². The quantitative estimate of drug-likeness (QED) is 0.148. The predicted octanol–water partition coefficient (Wildman–Crippen LogP) is -1.13. The molecular formula is CHBN3O2. The normalized spacial score (nSPS) is 5.00. The summed E-state index contributed by atoms with van der Waals surface area (Å²) in [6, 6.07) is 0. The van der Waals surface area contributed by atoms with Gasteiger partial charge in [-0.2, -0.15) is 5.26 Å². The summed E-state index contributed by atoms with van der Waals surface area (Å²) in [6.07, 6.45) is 1.12. The fourth-order valence-corrected chi connectivity index (χ4v) is 0.0408. The lowest BCUT2D eigenvalue weighted by molar-refractivity contribution is -0.529. The summed E-state index contributed by atoms with van der Waals surface area (Å²) in [5.41, 5.74) is 1.24. The second-order valence-corrected chi connectivity index (χ2v) is 0.481. The summed E-state index contributed by atoms with van der Waals surface area (Å²) in [4.78, 5) is 9.07. The van der Waals surface area contributed by atoms with Crippen molar-refractivity contribution in [2.24, 2.45) is 0 Å². The van der Waals surface area contributed by atoms with Crippen LogP contribution < -0.4 is 5.43 Å². The van der Waals surface area contributed by atoms with E-state index >= 15 is 0 Å². The first kappa shape index (κ1) is 9.23. The monoisotopic (exact) mass is 98.0 g/mol. The van der Waals surface area contributed by atoms with Crippen molar-refractivity contribution in [1.29, 1.82) is 5.26 Å². The highest BCUT2D eigenvalue weighted by atomic mass is 16.7. The van der Waals surface area contributed by atoms with Crippen LogP contribution in [0.1, 0.15) is 0 Å². The minimum absolute atomic E-state index is 0. The van der Waals surface area contributed by atoms with Gasteiger partial charge in [0, 0.05) is 8.41 Å². The van der Waals surface area contributed by atoms with E-state index in [0.717, 1.165) is 6.19 Å². The number of nitriles is 1. The highest BCUT2D eigenvalue weighted by Crippen LogP contribution is 1.46. The van der Waals surface area contributed by atoms with Crippen LogP contribution in [0.15, 0.2) is 0 Å². The molecule has 0 unspecified atom stereocenters. The molecule has 0 amide bonds. The van der Waals surface area contributed by atoms with Gasteiger partial charge in [-0.25, -0.2) is 10.1 Å². The van der Waals surface area contributed by atoms with Crippen LogP contribution in [-0.2, 0) is 0 Å². The van der Waals surface area contributed by atoms with Gasteiger partial charge in [0.1, 0.15) is 0 Å². The van der Waals surface area contributed by atoms with Gasteiger partial charge in [0.15, 0.2) is 5.03 Å².